The number of esters is 1. The molecule has 0 aliphatic carbocycles. The maximum Gasteiger partial charge on any atom is 0.330 e. The second kappa shape index (κ2) is 6.58. The Labute approximate surface area is 126 Å². The molecule has 0 radical (unpaired) electrons. The van der Waals surface area contributed by atoms with E-state index in [2.05, 4.69) is 4.98 Å². The number of hydrogen-bond acceptors (Lipinski definition) is 6. The molecule has 118 valence electrons. The van der Waals surface area contributed by atoms with E-state index in [0.29, 0.717) is 12.0 Å². The van der Waals surface area contributed by atoms with Crippen LogP contribution >= 0.6 is 0 Å². The first kappa shape index (κ1) is 16.0. The van der Waals surface area contributed by atoms with Crippen molar-refractivity contribution in [1.29, 1.82) is 5.26 Å². The van der Waals surface area contributed by atoms with E-state index in [1.54, 1.807) is 6.92 Å². The molecule has 2 rings (SSSR count). The molecule has 1 fully saturated rings. The lowest BCUT2D eigenvalue weighted by Gasteiger charge is -2.15. The molecule has 1 aromatic heterocycles. The van der Waals surface area contributed by atoms with Crippen LogP contribution in [0.2, 0.25) is 0 Å². The maximum absolute atomic E-state index is 11.9. The number of nitrogens with one attached hydrogen (secondary N) is 1. The molecule has 1 saturated heterocycles. The van der Waals surface area contributed by atoms with Gasteiger partial charge in [-0.1, -0.05) is 6.92 Å². The van der Waals surface area contributed by atoms with Gasteiger partial charge in [-0.2, -0.15) is 5.26 Å². The summed E-state index contributed by atoms with van der Waals surface area (Å²) in [5, 5.41) is 8.82. The number of aryl methyl sites for hydroxylation is 1. The molecule has 3 atom stereocenters. The van der Waals surface area contributed by atoms with Crippen LogP contribution in [0.15, 0.2) is 15.8 Å². The highest BCUT2D eigenvalue weighted by Crippen LogP contribution is 2.31. The molecule has 0 spiro atoms. The third kappa shape index (κ3) is 3.26. The predicted molar refractivity (Wildman–Crippen MR) is 75.0 cm³/mol. The monoisotopic (exact) mass is 307 g/mol. The molecular formula is C14H17N3O5. The van der Waals surface area contributed by atoms with Crippen LogP contribution in [-0.4, -0.2) is 27.7 Å². The summed E-state index contributed by atoms with van der Waals surface area (Å²) in [6, 6.07) is 1.97. The molecule has 1 aliphatic heterocycles. The van der Waals surface area contributed by atoms with Gasteiger partial charge in [-0.3, -0.25) is 19.1 Å². The zero-order valence-electron chi connectivity index (χ0n) is 12.4. The molecule has 0 saturated carbocycles. The van der Waals surface area contributed by atoms with Gasteiger partial charge in [0.25, 0.3) is 5.56 Å². The average Bonchev–Trinajstić information content (AvgIpc) is 2.81. The fourth-order valence-corrected chi connectivity index (χ4v) is 2.47. The number of hydrogen-bond donors (Lipinski definition) is 1. The average molecular weight is 307 g/mol. The molecule has 0 unspecified atom stereocenters. The van der Waals surface area contributed by atoms with Crippen molar-refractivity contribution >= 4 is 5.97 Å². The molecule has 1 aromatic rings. The van der Waals surface area contributed by atoms with Gasteiger partial charge >= 0.3 is 11.7 Å². The van der Waals surface area contributed by atoms with Crippen molar-refractivity contribution in [3.05, 3.63) is 32.6 Å². The Kier molecular flexibility index (Phi) is 4.78. The van der Waals surface area contributed by atoms with Crippen LogP contribution in [0.5, 0.6) is 0 Å². The second-order valence-corrected chi connectivity index (χ2v) is 5.05. The molecule has 8 nitrogen and oxygen atoms in total. The van der Waals surface area contributed by atoms with Gasteiger partial charge in [0.1, 0.15) is 18.4 Å². The number of H-pyrrole nitrogens is 1. The largest absolute Gasteiger partial charge is 0.460 e. The van der Waals surface area contributed by atoms with Crippen molar-refractivity contribution in [3.8, 4) is 6.07 Å². The van der Waals surface area contributed by atoms with Gasteiger partial charge in [0.15, 0.2) is 0 Å². The summed E-state index contributed by atoms with van der Waals surface area (Å²) in [5.74, 6) is -0.472. The minimum atomic E-state index is -0.683. The van der Waals surface area contributed by atoms with Gasteiger partial charge in [-0.05, 0) is 6.42 Å². The lowest BCUT2D eigenvalue weighted by molar-refractivity contribution is -0.149. The normalized spacial score (nSPS) is 24.0. The van der Waals surface area contributed by atoms with Crippen LogP contribution in [-0.2, 0) is 20.7 Å². The number of carbonyl (C=O) groups excluding carboxylic acids is 1. The molecule has 1 aliphatic rings. The van der Waals surface area contributed by atoms with Crippen LogP contribution < -0.4 is 11.2 Å². The first-order valence-corrected chi connectivity index (χ1v) is 7.00. The van der Waals surface area contributed by atoms with E-state index in [-0.39, 0.29) is 12.8 Å². The van der Waals surface area contributed by atoms with Gasteiger partial charge in [-0.25, -0.2) is 4.79 Å². The molecule has 0 amide bonds. The fraction of sp³-hybridized carbons (Fsp3) is 0.571. The number of carbonyl (C=O) groups is 1. The Morgan fingerprint density at radius 2 is 2.32 bits per heavy atom. The number of aromatic amines is 1. The zero-order chi connectivity index (χ0) is 16.3. The van der Waals surface area contributed by atoms with Crippen molar-refractivity contribution in [1.82, 2.24) is 9.55 Å². The second-order valence-electron chi connectivity index (χ2n) is 5.05. The number of rotatable bonds is 4. The van der Waals surface area contributed by atoms with Crippen molar-refractivity contribution in [3.63, 3.8) is 0 Å². The Bertz CT molecular complexity index is 714. The number of aromatic nitrogens is 2. The third-order valence-corrected chi connectivity index (χ3v) is 3.52. The smallest absolute Gasteiger partial charge is 0.330 e. The van der Waals surface area contributed by atoms with E-state index < -0.39 is 35.7 Å². The topological polar surface area (TPSA) is 114 Å². The minimum Gasteiger partial charge on any atom is -0.460 e. The highest BCUT2D eigenvalue weighted by atomic mass is 16.6. The molecule has 0 aromatic carbocycles. The van der Waals surface area contributed by atoms with Crippen LogP contribution in [0.1, 0.15) is 38.5 Å². The molecule has 2 heterocycles. The van der Waals surface area contributed by atoms with Gasteiger partial charge in [-0.15, -0.1) is 0 Å². The summed E-state index contributed by atoms with van der Waals surface area (Å²) in [6.45, 7) is 3.08. The van der Waals surface area contributed by atoms with Gasteiger partial charge in [0.2, 0.25) is 0 Å². The first-order chi connectivity index (χ1) is 10.5. The predicted octanol–water partition coefficient (Wildman–Crippen LogP) is 0.232. The minimum absolute atomic E-state index is 0.0488. The number of nitriles is 1. The zero-order valence-corrected chi connectivity index (χ0v) is 12.4. The van der Waals surface area contributed by atoms with Gasteiger partial charge < -0.3 is 9.47 Å². The highest BCUT2D eigenvalue weighted by molar-refractivity contribution is 5.66. The SMILES string of the molecule is CCc1cn([C@H]2C[C@H](OC(C)=O)[C@@H](CC#N)O2)c(=O)[nH]c1=O. The van der Waals surface area contributed by atoms with Crippen molar-refractivity contribution in [2.45, 2.75) is 51.5 Å². The molecule has 1 N–H and O–H groups in total. The summed E-state index contributed by atoms with van der Waals surface area (Å²) in [5.41, 5.74) is -0.561. The highest BCUT2D eigenvalue weighted by Gasteiger charge is 2.38. The van der Waals surface area contributed by atoms with E-state index in [9.17, 15) is 14.4 Å². The van der Waals surface area contributed by atoms with E-state index >= 15 is 0 Å². The van der Waals surface area contributed by atoms with Gasteiger partial charge in [0, 0.05) is 25.1 Å². The summed E-state index contributed by atoms with van der Waals surface area (Å²) in [6.07, 6.45) is 0.350. The fourth-order valence-electron chi connectivity index (χ4n) is 2.47. The molecule has 0 bridgehead atoms. The Morgan fingerprint density at radius 3 is 2.91 bits per heavy atom. The summed E-state index contributed by atoms with van der Waals surface area (Å²) in [4.78, 5) is 36.9. The lowest BCUT2D eigenvalue weighted by atomic mass is 10.1. The lowest BCUT2D eigenvalue weighted by Crippen LogP contribution is -2.34. The van der Waals surface area contributed by atoms with Crippen molar-refractivity contribution in [2.24, 2.45) is 0 Å². The van der Waals surface area contributed by atoms with Crippen LogP contribution in [0.4, 0.5) is 0 Å². The van der Waals surface area contributed by atoms with E-state index in [0.717, 1.165) is 0 Å². The Balaban J connectivity index is 2.30. The number of ether oxygens (including phenoxy) is 2. The number of nitrogens with zero attached hydrogens (tertiary/aromatic N) is 2. The van der Waals surface area contributed by atoms with E-state index in [1.807, 2.05) is 6.07 Å². The van der Waals surface area contributed by atoms with Crippen LogP contribution in [0.3, 0.4) is 0 Å². The van der Waals surface area contributed by atoms with Crippen LogP contribution in [0, 0.1) is 11.3 Å². The van der Waals surface area contributed by atoms with Gasteiger partial charge in [0.05, 0.1) is 12.5 Å². The van der Waals surface area contributed by atoms with Crippen molar-refractivity contribution < 1.29 is 14.3 Å². The summed E-state index contributed by atoms with van der Waals surface area (Å²) in [7, 11) is 0. The quantitative estimate of drug-likeness (QED) is 0.796. The molecule has 8 heteroatoms. The van der Waals surface area contributed by atoms with Crippen LogP contribution in [0.25, 0.3) is 0 Å². The standard InChI is InChI=1S/C14H17N3O5/c1-3-9-7-17(14(20)16-13(9)19)12-6-11(21-8(2)18)10(22-12)4-5-15/h7,10-12H,3-4,6H2,1-2H3,(H,16,19,20)/t10-,11+,12-/m1/s1. The summed E-state index contributed by atoms with van der Waals surface area (Å²) < 4.78 is 12.1. The maximum atomic E-state index is 11.9. The van der Waals surface area contributed by atoms with E-state index in [4.69, 9.17) is 14.7 Å². The van der Waals surface area contributed by atoms with E-state index in [1.165, 1.54) is 17.7 Å². The third-order valence-electron chi connectivity index (χ3n) is 3.52. The molecular weight excluding hydrogens is 290 g/mol. The Morgan fingerprint density at radius 1 is 1.59 bits per heavy atom. The summed E-state index contributed by atoms with van der Waals surface area (Å²) >= 11 is 0. The first-order valence-electron chi connectivity index (χ1n) is 7.00. The van der Waals surface area contributed by atoms with Crippen molar-refractivity contribution in [2.75, 3.05) is 0 Å². The Hall–Kier alpha value is -2.40. The molecule has 22 heavy (non-hydrogen) atoms.